The van der Waals surface area contributed by atoms with E-state index in [4.69, 9.17) is 9.72 Å². The van der Waals surface area contributed by atoms with Gasteiger partial charge >= 0.3 is 0 Å². The maximum Gasteiger partial charge on any atom is 0.0803 e. The van der Waals surface area contributed by atoms with Crippen LogP contribution in [-0.2, 0) is 17.6 Å². The molecule has 3 heterocycles. The third kappa shape index (κ3) is 5.06. The molecule has 1 fully saturated rings. The van der Waals surface area contributed by atoms with Crippen molar-refractivity contribution in [1.29, 1.82) is 0 Å². The molecule has 3 heteroatoms. The summed E-state index contributed by atoms with van der Waals surface area (Å²) < 4.78 is 5.65. The minimum absolute atomic E-state index is 0.175. The first-order valence-corrected chi connectivity index (χ1v) is 16.1. The fourth-order valence-electron chi connectivity index (χ4n) is 7.01. The van der Waals surface area contributed by atoms with Crippen LogP contribution >= 0.6 is 11.8 Å². The standard InChI is InChI=1S/C38H41NOS/c1-37(2,3)21-23-7-9-29-26(17-23)19-31-35-34-30(11-14-39-35)28-10-8-25(24-12-15-40-16-13-24)18-27(28)20-33(34)41-36(31)32(29)22-38(4,5)6/h7-11,14,17-20,24H,12-13,15-16,21-22H2,1-6H3. The number of hydrogen-bond acceptors (Lipinski definition) is 3. The molecule has 210 valence electrons. The quantitative estimate of drug-likeness (QED) is 0.201. The van der Waals surface area contributed by atoms with E-state index in [1.165, 1.54) is 64.4 Å². The maximum atomic E-state index is 5.65. The molecule has 0 amide bonds. The van der Waals surface area contributed by atoms with Crippen molar-refractivity contribution in [2.24, 2.45) is 10.8 Å². The van der Waals surface area contributed by atoms with Crippen molar-refractivity contribution in [2.45, 2.75) is 82.9 Å². The fraction of sp³-hybridized carbons (Fsp3) is 0.395. The Morgan fingerprint density at radius 3 is 2.27 bits per heavy atom. The Labute approximate surface area is 248 Å². The van der Waals surface area contributed by atoms with Crippen LogP contribution in [0.15, 0.2) is 70.6 Å². The fourth-order valence-corrected chi connectivity index (χ4v) is 8.29. The van der Waals surface area contributed by atoms with Gasteiger partial charge in [0.25, 0.3) is 0 Å². The highest BCUT2D eigenvalue weighted by atomic mass is 32.2. The van der Waals surface area contributed by atoms with Crippen molar-refractivity contribution in [2.75, 3.05) is 13.2 Å². The molecule has 0 radical (unpaired) electrons. The number of ether oxygens (including phenoxy) is 1. The molecular weight excluding hydrogens is 518 g/mol. The van der Waals surface area contributed by atoms with E-state index in [-0.39, 0.29) is 10.8 Å². The number of hydrogen-bond donors (Lipinski definition) is 0. The van der Waals surface area contributed by atoms with Gasteiger partial charge in [-0.15, -0.1) is 0 Å². The van der Waals surface area contributed by atoms with Crippen molar-refractivity contribution in [3.63, 3.8) is 0 Å². The average Bonchev–Trinajstić information content (AvgIpc) is 2.92. The Morgan fingerprint density at radius 2 is 1.51 bits per heavy atom. The molecule has 1 saturated heterocycles. The van der Waals surface area contributed by atoms with Crippen LogP contribution in [0.2, 0.25) is 0 Å². The van der Waals surface area contributed by atoms with Crippen molar-refractivity contribution < 1.29 is 4.74 Å². The van der Waals surface area contributed by atoms with Crippen LogP contribution in [0, 0.1) is 10.8 Å². The third-order valence-electron chi connectivity index (χ3n) is 8.71. The van der Waals surface area contributed by atoms with Gasteiger partial charge in [-0.25, -0.2) is 0 Å². The molecule has 41 heavy (non-hydrogen) atoms. The van der Waals surface area contributed by atoms with E-state index < -0.39 is 0 Å². The van der Waals surface area contributed by atoms with Gasteiger partial charge in [0.05, 0.1) is 5.69 Å². The lowest BCUT2D eigenvalue weighted by Gasteiger charge is -2.28. The molecule has 2 nitrogen and oxygen atoms in total. The highest BCUT2D eigenvalue weighted by Crippen LogP contribution is 2.52. The molecule has 5 aromatic rings. The molecule has 0 N–H and O–H groups in total. The van der Waals surface area contributed by atoms with Gasteiger partial charge in [-0.3, -0.25) is 4.98 Å². The largest absolute Gasteiger partial charge is 0.381 e. The van der Waals surface area contributed by atoms with Crippen LogP contribution in [0.1, 0.15) is 77.0 Å². The summed E-state index contributed by atoms with van der Waals surface area (Å²) in [7, 11) is 0. The van der Waals surface area contributed by atoms with Crippen molar-refractivity contribution in [3.05, 3.63) is 77.5 Å². The predicted molar refractivity (Wildman–Crippen MR) is 175 cm³/mol. The lowest BCUT2D eigenvalue weighted by molar-refractivity contribution is 0.0853. The smallest absolute Gasteiger partial charge is 0.0803 e. The second kappa shape index (κ2) is 9.85. The Bertz CT molecular complexity index is 1820. The molecule has 1 aromatic heterocycles. The molecule has 2 aliphatic rings. The van der Waals surface area contributed by atoms with Gasteiger partial charge in [-0.1, -0.05) is 89.7 Å². The third-order valence-corrected chi connectivity index (χ3v) is 9.92. The van der Waals surface area contributed by atoms with Gasteiger partial charge in [-0.05, 0) is 104 Å². The zero-order valence-corrected chi connectivity index (χ0v) is 26.2. The molecule has 0 aliphatic carbocycles. The highest BCUT2D eigenvalue weighted by molar-refractivity contribution is 8.00. The second-order valence-corrected chi connectivity index (χ2v) is 15.7. The minimum atomic E-state index is 0.175. The van der Waals surface area contributed by atoms with Crippen molar-refractivity contribution >= 4 is 44.1 Å². The van der Waals surface area contributed by atoms with Gasteiger partial charge < -0.3 is 4.74 Å². The Balaban J connectivity index is 1.45. The van der Waals surface area contributed by atoms with Gasteiger partial charge in [0, 0.05) is 40.2 Å². The molecule has 0 bridgehead atoms. The summed E-state index contributed by atoms with van der Waals surface area (Å²) in [5.41, 5.74) is 7.20. The van der Waals surface area contributed by atoms with E-state index in [9.17, 15) is 0 Å². The molecule has 7 rings (SSSR count). The van der Waals surface area contributed by atoms with Gasteiger partial charge in [0.15, 0.2) is 0 Å². The summed E-state index contributed by atoms with van der Waals surface area (Å²) in [5.74, 6) is 0.592. The number of fused-ring (bicyclic) bond motifs is 5. The SMILES string of the molecule is CC(C)(C)Cc1ccc2c(CC(C)(C)C)c3c(cc2c1)-c1nccc2c1c(cc1cc(C4CCOCC4)ccc12)S3. The van der Waals surface area contributed by atoms with E-state index >= 15 is 0 Å². The molecule has 2 aliphatic heterocycles. The van der Waals surface area contributed by atoms with E-state index in [1.807, 2.05) is 18.0 Å². The molecule has 0 spiro atoms. The number of nitrogens with zero attached hydrogens (tertiary/aromatic N) is 1. The number of benzene rings is 4. The van der Waals surface area contributed by atoms with Gasteiger partial charge in [0.2, 0.25) is 0 Å². The number of pyridine rings is 1. The monoisotopic (exact) mass is 559 g/mol. The molecule has 0 atom stereocenters. The average molecular weight is 560 g/mol. The summed E-state index contributed by atoms with van der Waals surface area (Å²) in [6.07, 6.45) is 6.36. The van der Waals surface area contributed by atoms with Crippen LogP contribution in [0.5, 0.6) is 0 Å². The van der Waals surface area contributed by atoms with Crippen LogP contribution in [0.25, 0.3) is 43.6 Å². The molecule has 4 aromatic carbocycles. The van der Waals surface area contributed by atoms with Gasteiger partial charge in [-0.2, -0.15) is 0 Å². The lowest BCUT2D eigenvalue weighted by Crippen LogP contribution is -2.14. The van der Waals surface area contributed by atoms with Crippen LogP contribution in [-0.4, -0.2) is 18.2 Å². The molecule has 0 unspecified atom stereocenters. The zero-order valence-electron chi connectivity index (χ0n) is 25.4. The maximum absolute atomic E-state index is 5.65. The first kappa shape index (κ1) is 27.0. The normalized spacial score (nSPS) is 16.0. The Hall–Kier alpha value is -2.88. The predicted octanol–water partition coefficient (Wildman–Crippen LogP) is 10.7. The van der Waals surface area contributed by atoms with E-state index in [0.29, 0.717) is 5.92 Å². The lowest BCUT2D eigenvalue weighted by atomic mass is 9.83. The Morgan fingerprint density at radius 1 is 0.780 bits per heavy atom. The summed E-state index contributed by atoms with van der Waals surface area (Å²) in [6, 6.07) is 21.4. The number of rotatable bonds is 3. The highest BCUT2D eigenvalue weighted by Gasteiger charge is 2.28. The first-order chi connectivity index (χ1) is 19.5. The van der Waals surface area contributed by atoms with E-state index in [2.05, 4.69) is 96.1 Å². The molecular formula is C38H41NOS. The van der Waals surface area contributed by atoms with Crippen LogP contribution in [0.3, 0.4) is 0 Å². The first-order valence-electron chi connectivity index (χ1n) is 15.2. The summed E-state index contributed by atoms with van der Waals surface area (Å²) in [4.78, 5) is 7.81. The van der Waals surface area contributed by atoms with Crippen molar-refractivity contribution in [1.82, 2.24) is 4.98 Å². The zero-order chi connectivity index (χ0) is 28.5. The topological polar surface area (TPSA) is 22.1 Å². The Kier molecular flexibility index (Phi) is 6.48. The molecule has 0 saturated carbocycles. The van der Waals surface area contributed by atoms with Crippen LogP contribution < -0.4 is 0 Å². The summed E-state index contributed by atoms with van der Waals surface area (Å²) in [5, 5.41) is 8.03. The summed E-state index contributed by atoms with van der Waals surface area (Å²) >= 11 is 1.97. The van der Waals surface area contributed by atoms with E-state index in [1.54, 1.807) is 0 Å². The summed E-state index contributed by atoms with van der Waals surface area (Å²) in [6.45, 7) is 15.8. The minimum Gasteiger partial charge on any atom is -0.381 e. The van der Waals surface area contributed by atoms with E-state index in [0.717, 1.165) is 44.6 Å². The van der Waals surface area contributed by atoms with Crippen molar-refractivity contribution in [3.8, 4) is 11.3 Å². The second-order valence-electron chi connectivity index (χ2n) is 14.7. The van der Waals surface area contributed by atoms with Crippen LogP contribution in [0.4, 0.5) is 0 Å². The van der Waals surface area contributed by atoms with Gasteiger partial charge in [0.1, 0.15) is 0 Å². The number of aromatic nitrogens is 1.